The summed E-state index contributed by atoms with van der Waals surface area (Å²) in [6.45, 7) is 5.27. The Hall–Kier alpha value is -0.930. The van der Waals surface area contributed by atoms with Gasteiger partial charge in [-0.3, -0.25) is 0 Å². The zero-order valence-electron chi connectivity index (χ0n) is 10.5. The van der Waals surface area contributed by atoms with Crippen molar-refractivity contribution >= 4 is 0 Å². The highest BCUT2D eigenvalue weighted by Crippen LogP contribution is 2.34. The molecule has 2 rings (SSSR count). The van der Waals surface area contributed by atoms with E-state index in [9.17, 15) is 4.39 Å². The SMILES string of the molecule is Cc1ccc(C(C)(N)C2CCOCC2)cc1F. The van der Waals surface area contributed by atoms with Crippen LogP contribution in [0.2, 0.25) is 0 Å². The number of nitrogens with two attached hydrogens (primary N) is 1. The van der Waals surface area contributed by atoms with Gasteiger partial charge in [0.25, 0.3) is 0 Å². The fourth-order valence-electron chi connectivity index (χ4n) is 2.46. The van der Waals surface area contributed by atoms with Gasteiger partial charge >= 0.3 is 0 Å². The highest BCUT2D eigenvalue weighted by Gasteiger charge is 2.33. The first-order valence-corrected chi connectivity index (χ1v) is 6.15. The number of halogens is 1. The van der Waals surface area contributed by atoms with Crippen LogP contribution in [0.4, 0.5) is 4.39 Å². The zero-order valence-corrected chi connectivity index (χ0v) is 10.5. The second kappa shape index (κ2) is 4.75. The van der Waals surface area contributed by atoms with Gasteiger partial charge in [0.2, 0.25) is 0 Å². The molecule has 2 N–H and O–H groups in total. The summed E-state index contributed by atoms with van der Waals surface area (Å²) >= 11 is 0. The zero-order chi connectivity index (χ0) is 12.5. The summed E-state index contributed by atoms with van der Waals surface area (Å²) in [5.74, 6) is 0.185. The lowest BCUT2D eigenvalue weighted by molar-refractivity contribution is 0.0411. The average molecular weight is 237 g/mol. The van der Waals surface area contributed by atoms with Crippen LogP contribution in [0, 0.1) is 18.7 Å². The van der Waals surface area contributed by atoms with Gasteiger partial charge < -0.3 is 10.5 Å². The Bertz CT molecular complexity index is 397. The van der Waals surface area contributed by atoms with Crippen molar-refractivity contribution in [1.29, 1.82) is 0 Å². The Labute approximate surface area is 102 Å². The van der Waals surface area contributed by atoms with Crippen molar-refractivity contribution in [2.24, 2.45) is 11.7 Å². The smallest absolute Gasteiger partial charge is 0.126 e. The third-order valence-corrected chi connectivity index (χ3v) is 3.86. The van der Waals surface area contributed by atoms with Crippen LogP contribution in [0.5, 0.6) is 0 Å². The molecule has 0 spiro atoms. The lowest BCUT2D eigenvalue weighted by Gasteiger charge is -2.37. The largest absolute Gasteiger partial charge is 0.381 e. The molecule has 1 aromatic carbocycles. The summed E-state index contributed by atoms with van der Waals surface area (Å²) in [6.07, 6.45) is 1.89. The molecule has 2 nitrogen and oxygen atoms in total. The third-order valence-electron chi connectivity index (χ3n) is 3.86. The van der Waals surface area contributed by atoms with Crippen molar-refractivity contribution < 1.29 is 9.13 Å². The van der Waals surface area contributed by atoms with Gasteiger partial charge in [-0.1, -0.05) is 12.1 Å². The van der Waals surface area contributed by atoms with E-state index in [-0.39, 0.29) is 5.82 Å². The Kier molecular flexibility index (Phi) is 3.50. The first-order valence-electron chi connectivity index (χ1n) is 6.15. The van der Waals surface area contributed by atoms with Gasteiger partial charge in [-0.2, -0.15) is 0 Å². The molecule has 0 aromatic heterocycles. The molecule has 0 bridgehead atoms. The lowest BCUT2D eigenvalue weighted by atomic mass is 9.76. The number of rotatable bonds is 2. The molecular weight excluding hydrogens is 217 g/mol. The Morgan fingerprint density at radius 2 is 2.00 bits per heavy atom. The standard InChI is InChI=1S/C14H20FNO/c1-10-3-4-12(9-13(10)15)14(2,16)11-5-7-17-8-6-11/h3-4,9,11H,5-8,16H2,1-2H3. The van der Waals surface area contributed by atoms with Crippen LogP contribution >= 0.6 is 0 Å². The molecule has 1 atom stereocenters. The van der Waals surface area contributed by atoms with Gasteiger partial charge in [-0.25, -0.2) is 4.39 Å². The summed E-state index contributed by atoms with van der Waals surface area (Å²) in [6, 6.07) is 5.31. The Balaban J connectivity index is 2.26. The molecule has 1 aliphatic rings. The molecule has 0 saturated carbocycles. The van der Waals surface area contributed by atoms with Gasteiger partial charge in [0.1, 0.15) is 5.82 Å². The minimum Gasteiger partial charge on any atom is -0.381 e. The molecule has 0 amide bonds. The second-order valence-electron chi connectivity index (χ2n) is 5.13. The maximum Gasteiger partial charge on any atom is 0.126 e. The molecule has 1 heterocycles. The number of hydrogen-bond donors (Lipinski definition) is 1. The molecule has 17 heavy (non-hydrogen) atoms. The van der Waals surface area contributed by atoms with Crippen LogP contribution in [-0.4, -0.2) is 13.2 Å². The summed E-state index contributed by atoms with van der Waals surface area (Å²) < 4.78 is 18.9. The molecule has 1 aromatic rings. The number of hydrogen-bond acceptors (Lipinski definition) is 2. The van der Waals surface area contributed by atoms with E-state index < -0.39 is 5.54 Å². The van der Waals surface area contributed by atoms with Gasteiger partial charge in [0.05, 0.1) is 0 Å². The third kappa shape index (κ3) is 2.50. The maximum absolute atomic E-state index is 13.6. The Morgan fingerprint density at radius 3 is 2.59 bits per heavy atom. The topological polar surface area (TPSA) is 35.2 Å². The quantitative estimate of drug-likeness (QED) is 0.858. The average Bonchev–Trinajstić information content (AvgIpc) is 2.33. The van der Waals surface area contributed by atoms with Crippen LogP contribution in [0.15, 0.2) is 18.2 Å². The molecule has 0 radical (unpaired) electrons. The molecule has 0 aliphatic carbocycles. The molecule has 3 heteroatoms. The van der Waals surface area contributed by atoms with E-state index in [1.165, 1.54) is 0 Å². The molecule has 94 valence electrons. The van der Waals surface area contributed by atoms with Gasteiger partial charge in [0, 0.05) is 18.8 Å². The van der Waals surface area contributed by atoms with E-state index in [0.717, 1.165) is 31.6 Å². The summed E-state index contributed by atoms with van der Waals surface area (Å²) in [4.78, 5) is 0. The van der Waals surface area contributed by atoms with Crippen molar-refractivity contribution in [2.75, 3.05) is 13.2 Å². The molecular formula is C14H20FNO. The van der Waals surface area contributed by atoms with E-state index in [1.54, 1.807) is 19.1 Å². The van der Waals surface area contributed by atoms with Crippen LogP contribution in [0.25, 0.3) is 0 Å². The minimum absolute atomic E-state index is 0.175. The highest BCUT2D eigenvalue weighted by molar-refractivity contribution is 5.29. The van der Waals surface area contributed by atoms with Crippen molar-refractivity contribution in [1.82, 2.24) is 0 Å². The van der Waals surface area contributed by atoms with Crippen LogP contribution in [-0.2, 0) is 10.3 Å². The molecule has 1 aliphatic heterocycles. The van der Waals surface area contributed by atoms with Crippen molar-refractivity contribution in [3.8, 4) is 0 Å². The first-order chi connectivity index (χ1) is 8.01. The van der Waals surface area contributed by atoms with Gasteiger partial charge in [-0.05, 0) is 49.8 Å². The van der Waals surface area contributed by atoms with Gasteiger partial charge in [0.15, 0.2) is 0 Å². The van der Waals surface area contributed by atoms with Crippen LogP contribution < -0.4 is 5.73 Å². The Morgan fingerprint density at radius 1 is 1.35 bits per heavy atom. The fourth-order valence-corrected chi connectivity index (χ4v) is 2.46. The van der Waals surface area contributed by atoms with Crippen LogP contribution in [0.3, 0.4) is 0 Å². The van der Waals surface area contributed by atoms with E-state index in [0.29, 0.717) is 11.5 Å². The number of aryl methyl sites for hydroxylation is 1. The normalized spacial score (nSPS) is 21.2. The maximum atomic E-state index is 13.6. The highest BCUT2D eigenvalue weighted by atomic mass is 19.1. The predicted octanol–water partition coefficient (Wildman–Crippen LogP) is 2.73. The second-order valence-corrected chi connectivity index (χ2v) is 5.13. The van der Waals surface area contributed by atoms with E-state index in [1.807, 2.05) is 13.0 Å². The number of ether oxygens (including phenoxy) is 1. The van der Waals surface area contributed by atoms with Crippen molar-refractivity contribution in [3.63, 3.8) is 0 Å². The summed E-state index contributed by atoms with van der Waals surface area (Å²) in [7, 11) is 0. The molecule has 1 saturated heterocycles. The van der Waals surface area contributed by atoms with E-state index in [4.69, 9.17) is 10.5 Å². The monoisotopic (exact) mass is 237 g/mol. The van der Waals surface area contributed by atoms with Gasteiger partial charge in [-0.15, -0.1) is 0 Å². The molecule has 1 fully saturated rings. The number of benzene rings is 1. The summed E-state index contributed by atoms with van der Waals surface area (Å²) in [5, 5.41) is 0. The van der Waals surface area contributed by atoms with E-state index in [2.05, 4.69) is 0 Å². The minimum atomic E-state index is -0.474. The molecule has 1 unspecified atom stereocenters. The predicted molar refractivity (Wildman–Crippen MR) is 66.2 cm³/mol. The van der Waals surface area contributed by atoms with Crippen LogP contribution in [0.1, 0.15) is 30.9 Å². The lowest BCUT2D eigenvalue weighted by Crippen LogP contribution is -2.43. The fraction of sp³-hybridized carbons (Fsp3) is 0.571. The first kappa shape index (κ1) is 12.5. The van der Waals surface area contributed by atoms with Crippen molar-refractivity contribution in [3.05, 3.63) is 35.1 Å². The van der Waals surface area contributed by atoms with E-state index >= 15 is 0 Å². The van der Waals surface area contributed by atoms with Crippen molar-refractivity contribution in [2.45, 2.75) is 32.2 Å². The summed E-state index contributed by atoms with van der Waals surface area (Å²) in [5.41, 5.74) is 7.48.